The zero-order chi connectivity index (χ0) is 16.1. The minimum Gasteiger partial charge on any atom is -0.423 e. The lowest BCUT2D eigenvalue weighted by atomic mass is 10.2. The van der Waals surface area contributed by atoms with E-state index < -0.39 is 0 Å². The number of hydrogen-bond donors (Lipinski definition) is 1. The molecule has 1 N–H and O–H groups in total. The van der Waals surface area contributed by atoms with E-state index in [0.29, 0.717) is 17.5 Å². The fourth-order valence-corrected chi connectivity index (χ4v) is 2.70. The van der Waals surface area contributed by atoms with Crippen LogP contribution in [-0.2, 0) is 4.79 Å². The molecular formula is C16H21N3O2S. The average molecular weight is 319 g/mol. The highest BCUT2D eigenvalue weighted by molar-refractivity contribution is 8.00. The summed E-state index contributed by atoms with van der Waals surface area (Å²) in [5.41, 5.74) is 1.17. The maximum atomic E-state index is 12.0. The van der Waals surface area contributed by atoms with Gasteiger partial charge in [0.15, 0.2) is 0 Å². The Balaban J connectivity index is 1.87. The fraction of sp³-hybridized carbons (Fsp3) is 0.438. The molecule has 2 rings (SSSR count). The summed E-state index contributed by atoms with van der Waals surface area (Å²) in [6.45, 7) is 7.85. The largest absolute Gasteiger partial charge is 0.423 e. The summed E-state index contributed by atoms with van der Waals surface area (Å²) in [7, 11) is 0. The van der Waals surface area contributed by atoms with Crippen LogP contribution < -0.4 is 5.32 Å². The molecule has 1 atom stereocenters. The van der Waals surface area contributed by atoms with Gasteiger partial charge in [-0.2, -0.15) is 0 Å². The normalized spacial score (nSPS) is 12.4. The molecule has 0 bridgehead atoms. The van der Waals surface area contributed by atoms with Gasteiger partial charge < -0.3 is 9.73 Å². The third kappa shape index (κ3) is 4.34. The molecule has 118 valence electrons. The molecule has 22 heavy (non-hydrogen) atoms. The number of nitrogens with zero attached hydrogens (tertiary/aromatic N) is 2. The summed E-state index contributed by atoms with van der Waals surface area (Å²) in [6.07, 6.45) is 0. The van der Waals surface area contributed by atoms with Gasteiger partial charge in [0.25, 0.3) is 0 Å². The molecule has 6 heteroatoms. The number of rotatable bonds is 6. The predicted molar refractivity (Wildman–Crippen MR) is 86.8 cm³/mol. The van der Waals surface area contributed by atoms with Gasteiger partial charge in [-0.05, 0) is 25.5 Å². The van der Waals surface area contributed by atoms with Crippen LogP contribution in [0.4, 0.5) is 0 Å². The van der Waals surface area contributed by atoms with Gasteiger partial charge >= 0.3 is 0 Å². The van der Waals surface area contributed by atoms with Crippen LogP contribution in [0.25, 0.3) is 0 Å². The number of thioether (sulfide) groups is 1. The van der Waals surface area contributed by atoms with E-state index in [1.54, 1.807) is 0 Å². The number of amides is 1. The first-order valence-corrected chi connectivity index (χ1v) is 8.27. The van der Waals surface area contributed by atoms with E-state index in [0.717, 1.165) is 4.90 Å². The standard InChI is InChI=1S/C16H21N3O2S/c1-10(2)15-18-19-16(21-15)12(4)17-14(20)9-22-13-8-6-5-7-11(13)3/h5-8,10,12H,9H2,1-4H3,(H,17,20)/t12-/m1/s1. The monoisotopic (exact) mass is 319 g/mol. The molecule has 5 nitrogen and oxygen atoms in total. The highest BCUT2D eigenvalue weighted by atomic mass is 32.2. The van der Waals surface area contributed by atoms with Crippen molar-refractivity contribution in [1.29, 1.82) is 0 Å². The summed E-state index contributed by atoms with van der Waals surface area (Å²) >= 11 is 1.52. The minimum atomic E-state index is -0.287. The second-order valence-corrected chi connectivity index (χ2v) is 6.49. The lowest BCUT2D eigenvalue weighted by molar-refractivity contribution is -0.119. The van der Waals surface area contributed by atoms with Gasteiger partial charge in [0.05, 0.1) is 5.75 Å². The Morgan fingerprint density at radius 1 is 1.23 bits per heavy atom. The molecule has 1 heterocycles. The van der Waals surface area contributed by atoms with Crippen LogP contribution in [0.1, 0.15) is 50.1 Å². The zero-order valence-electron chi connectivity index (χ0n) is 13.3. The number of aryl methyl sites for hydroxylation is 1. The molecule has 0 aliphatic rings. The smallest absolute Gasteiger partial charge is 0.238 e. The molecule has 0 aliphatic heterocycles. The fourth-order valence-electron chi connectivity index (χ4n) is 1.86. The molecule has 0 radical (unpaired) electrons. The van der Waals surface area contributed by atoms with Gasteiger partial charge in [-0.25, -0.2) is 0 Å². The molecule has 0 aliphatic carbocycles. The van der Waals surface area contributed by atoms with Gasteiger partial charge in [0, 0.05) is 10.8 Å². The SMILES string of the molecule is Cc1ccccc1SCC(=O)N[C@H](C)c1nnc(C(C)C)o1. The Morgan fingerprint density at radius 2 is 1.91 bits per heavy atom. The van der Waals surface area contributed by atoms with Crippen LogP contribution in [0.5, 0.6) is 0 Å². The third-order valence-corrected chi connectivity index (χ3v) is 4.33. The Labute approximate surface area is 134 Å². The second-order valence-electron chi connectivity index (χ2n) is 5.48. The van der Waals surface area contributed by atoms with Gasteiger partial charge in [-0.3, -0.25) is 4.79 Å². The lowest BCUT2D eigenvalue weighted by Gasteiger charge is -2.10. The van der Waals surface area contributed by atoms with Crippen LogP contribution >= 0.6 is 11.8 Å². The van der Waals surface area contributed by atoms with Crippen LogP contribution in [0.15, 0.2) is 33.6 Å². The number of carbonyl (C=O) groups is 1. The Hall–Kier alpha value is -1.82. The lowest BCUT2D eigenvalue weighted by Crippen LogP contribution is -2.28. The average Bonchev–Trinajstić information content (AvgIpc) is 2.96. The van der Waals surface area contributed by atoms with Gasteiger partial charge in [-0.1, -0.05) is 32.0 Å². The number of hydrogen-bond acceptors (Lipinski definition) is 5. The van der Waals surface area contributed by atoms with Crippen LogP contribution in [0, 0.1) is 6.92 Å². The highest BCUT2D eigenvalue weighted by Gasteiger charge is 2.17. The summed E-state index contributed by atoms with van der Waals surface area (Å²) in [5, 5.41) is 10.8. The van der Waals surface area contributed by atoms with E-state index in [2.05, 4.69) is 15.5 Å². The van der Waals surface area contributed by atoms with Crippen molar-refractivity contribution in [3.63, 3.8) is 0 Å². The first kappa shape index (κ1) is 16.5. The third-order valence-electron chi connectivity index (χ3n) is 3.15. The van der Waals surface area contributed by atoms with Crippen molar-refractivity contribution >= 4 is 17.7 Å². The van der Waals surface area contributed by atoms with Crippen molar-refractivity contribution in [2.45, 2.75) is 44.6 Å². The molecule has 1 aromatic carbocycles. The first-order chi connectivity index (χ1) is 10.5. The molecular weight excluding hydrogens is 298 g/mol. The van der Waals surface area contributed by atoms with Crippen molar-refractivity contribution < 1.29 is 9.21 Å². The topological polar surface area (TPSA) is 68.0 Å². The quantitative estimate of drug-likeness (QED) is 0.826. The zero-order valence-corrected chi connectivity index (χ0v) is 14.1. The molecule has 0 spiro atoms. The van der Waals surface area contributed by atoms with E-state index in [1.807, 2.05) is 52.0 Å². The molecule has 2 aromatic rings. The second kappa shape index (κ2) is 7.45. The molecule has 0 unspecified atom stereocenters. The molecule has 0 saturated carbocycles. The number of nitrogens with one attached hydrogen (secondary N) is 1. The van der Waals surface area contributed by atoms with E-state index in [9.17, 15) is 4.79 Å². The van der Waals surface area contributed by atoms with E-state index in [1.165, 1.54) is 17.3 Å². The molecule has 1 amide bonds. The molecule has 0 saturated heterocycles. The van der Waals surface area contributed by atoms with Gasteiger partial charge in [-0.15, -0.1) is 22.0 Å². The van der Waals surface area contributed by atoms with Gasteiger partial charge in [0.1, 0.15) is 6.04 Å². The van der Waals surface area contributed by atoms with Crippen molar-refractivity contribution in [1.82, 2.24) is 15.5 Å². The van der Waals surface area contributed by atoms with Crippen LogP contribution in [0.2, 0.25) is 0 Å². The van der Waals surface area contributed by atoms with Crippen LogP contribution in [0.3, 0.4) is 0 Å². The maximum absolute atomic E-state index is 12.0. The van der Waals surface area contributed by atoms with Crippen molar-refractivity contribution in [3.05, 3.63) is 41.6 Å². The summed E-state index contributed by atoms with van der Waals surface area (Å²) in [5.74, 6) is 1.52. The summed E-state index contributed by atoms with van der Waals surface area (Å²) in [4.78, 5) is 13.1. The summed E-state index contributed by atoms with van der Waals surface area (Å²) < 4.78 is 5.55. The minimum absolute atomic E-state index is 0.0509. The molecule has 1 aromatic heterocycles. The van der Waals surface area contributed by atoms with Crippen molar-refractivity contribution in [3.8, 4) is 0 Å². The van der Waals surface area contributed by atoms with Gasteiger partial charge in [0.2, 0.25) is 17.7 Å². The van der Waals surface area contributed by atoms with Crippen molar-refractivity contribution in [2.24, 2.45) is 0 Å². The Morgan fingerprint density at radius 3 is 2.55 bits per heavy atom. The van der Waals surface area contributed by atoms with E-state index >= 15 is 0 Å². The van der Waals surface area contributed by atoms with Crippen molar-refractivity contribution in [2.75, 3.05) is 5.75 Å². The number of carbonyl (C=O) groups excluding carboxylic acids is 1. The predicted octanol–water partition coefficient (Wildman–Crippen LogP) is 3.47. The van der Waals surface area contributed by atoms with E-state index in [4.69, 9.17) is 4.42 Å². The number of benzene rings is 1. The number of aromatic nitrogens is 2. The molecule has 0 fully saturated rings. The summed E-state index contributed by atoms with van der Waals surface area (Å²) in [6, 6.07) is 7.73. The highest BCUT2D eigenvalue weighted by Crippen LogP contribution is 2.22. The first-order valence-electron chi connectivity index (χ1n) is 7.28. The van der Waals surface area contributed by atoms with E-state index in [-0.39, 0.29) is 17.9 Å². The Kier molecular flexibility index (Phi) is 5.60. The van der Waals surface area contributed by atoms with Crippen LogP contribution in [-0.4, -0.2) is 21.9 Å². The Bertz CT molecular complexity index is 640. The maximum Gasteiger partial charge on any atom is 0.238 e.